The van der Waals surface area contributed by atoms with Gasteiger partial charge in [0.1, 0.15) is 18.9 Å². The van der Waals surface area contributed by atoms with E-state index in [0.717, 1.165) is 16.5 Å². The summed E-state index contributed by atoms with van der Waals surface area (Å²) in [4.78, 5) is 27.3. The molecule has 1 amide bonds. The summed E-state index contributed by atoms with van der Waals surface area (Å²) in [5, 5.41) is 14.2. The predicted octanol–water partition coefficient (Wildman–Crippen LogP) is 0.0549. The van der Waals surface area contributed by atoms with Gasteiger partial charge in [0.05, 0.1) is 7.11 Å². The van der Waals surface area contributed by atoms with Gasteiger partial charge in [-0.1, -0.05) is 18.2 Å². The van der Waals surface area contributed by atoms with Crippen molar-refractivity contribution in [1.29, 1.82) is 0 Å². The molecule has 0 fully saturated rings. The van der Waals surface area contributed by atoms with E-state index in [-0.39, 0.29) is 12.5 Å². The van der Waals surface area contributed by atoms with Gasteiger partial charge in [0.25, 0.3) is 0 Å². The second kappa shape index (κ2) is 6.90. The molecule has 1 unspecified atom stereocenters. The molecule has 0 saturated carbocycles. The van der Waals surface area contributed by atoms with Crippen LogP contribution in [-0.4, -0.2) is 50.2 Å². The van der Waals surface area contributed by atoms with Gasteiger partial charge in [0, 0.05) is 23.5 Å². The molecule has 0 aliphatic carbocycles. The fourth-order valence-corrected chi connectivity index (χ4v) is 2.50. The molecule has 1 atom stereocenters. The SMILES string of the molecule is COC(=O)C(Cc1c[nH]c2ccccc12)NC(=O)Cn1cnnn1. The van der Waals surface area contributed by atoms with E-state index in [9.17, 15) is 9.59 Å². The minimum Gasteiger partial charge on any atom is -0.467 e. The maximum Gasteiger partial charge on any atom is 0.328 e. The van der Waals surface area contributed by atoms with Gasteiger partial charge >= 0.3 is 5.97 Å². The molecule has 0 spiro atoms. The van der Waals surface area contributed by atoms with Gasteiger partial charge in [0.15, 0.2) is 0 Å². The average Bonchev–Trinajstić information content (AvgIpc) is 3.23. The number of rotatable bonds is 6. The number of H-pyrrole nitrogens is 1. The van der Waals surface area contributed by atoms with Crippen molar-refractivity contribution in [3.8, 4) is 0 Å². The van der Waals surface area contributed by atoms with Crippen LogP contribution >= 0.6 is 0 Å². The Bertz CT molecular complexity index is 842. The zero-order valence-electron chi connectivity index (χ0n) is 13.0. The third kappa shape index (κ3) is 3.40. The molecular weight excluding hydrogens is 312 g/mol. The normalized spacial score (nSPS) is 12.0. The van der Waals surface area contributed by atoms with Crippen LogP contribution in [0.2, 0.25) is 0 Å². The topological polar surface area (TPSA) is 115 Å². The van der Waals surface area contributed by atoms with E-state index in [1.807, 2.05) is 30.5 Å². The Labute approximate surface area is 137 Å². The summed E-state index contributed by atoms with van der Waals surface area (Å²) < 4.78 is 6.07. The molecule has 9 nitrogen and oxygen atoms in total. The number of carbonyl (C=O) groups excluding carboxylic acids is 2. The maximum absolute atomic E-state index is 12.1. The van der Waals surface area contributed by atoms with E-state index in [0.29, 0.717) is 6.42 Å². The number of para-hydroxylation sites is 1. The van der Waals surface area contributed by atoms with Gasteiger partial charge in [0.2, 0.25) is 5.91 Å². The quantitative estimate of drug-likeness (QED) is 0.618. The van der Waals surface area contributed by atoms with E-state index < -0.39 is 12.0 Å². The Morgan fingerprint density at radius 1 is 1.38 bits per heavy atom. The highest BCUT2D eigenvalue weighted by molar-refractivity contribution is 5.87. The maximum atomic E-state index is 12.1. The molecule has 2 heterocycles. The number of benzene rings is 1. The number of ether oxygens (including phenoxy) is 1. The first-order valence-corrected chi connectivity index (χ1v) is 7.30. The number of amides is 1. The number of tetrazole rings is 1. The fourth-order valence-electron chi connectivity index (χ4n) is 2.50. The smallest absolute Gasteiger partial charge is 0.328 e. The number of esters is 1. The van der Waals surface area contributed by atoms with Crippen molar-refractivity contribution in [2.45, 2.75) is 19.0 Å². The third-order valence-corrected chi connectivity index (χ3v) is 3.62. The third-order valence-electron chi connectivity index (χ3n) is 3.62. The summed E-state index contributed by atoms with van der Waals surface area (Å²) in [6, 6.07) is 6.95. The lowest BCUT2D eigenvalue weighted by molar-refractivity contribution is -0.145. The highest BCUT2D eigenvalue weighted by Crippen LogP contribution is 2.19. The minimum absolute atomic E-state index is 0.0750. The Morgan fingerprint density at radius 2 is 2.21 bits per heavy atom. The minimum atomic E-state index is -0.793. The van der Waals surface area contributed by atoms with Crippen molar-refractivity contribution in [3.63, 3.8) is 0 Å². The first kappa shape index (κ1) is 15.7. The van der Waals surface area contributed by atoms with Gasteiger partial charge < -0.3 is 15.0 Å². The molecule has 2 aromatic heterocycles. The van der Waals surface area contributed by atoms with Gasteiger partial charge in [-0.3, -0.25) is 4.79 Å². The number of aromatic amines is 1. The molecule has 3 rings (SSSR count). The van der Waals surface area contributed by atoms with E-state index in [2.05, 4.69) is 25.8 Å². The summed E-state index contributed by atoms with van der Waals surface area (Å²) in [5.74, 6) is -0.886. The molecule has 9 heteroatoms. The van der Waals surface area contributed by atoms with Crippen molar-refractivity contribution in [2.24, 2.45) is 0 Å². The van der Waals surface area contributed by atoms with Crippen LogP contribution in [0.5, 0.6) is 0 Å². The number of nitrogens with one attached hydrogen (secondary N) is 2. The number of fused-ring (bicyclic) bond motifs is 1. The monoisotopic (exact) mass is 328 g/mol. The summed E-state index contributed by atoms with van der Waals surface area (Å²) >= 11 is 0. The number of nitrogens with zero attached hydrogens (tertiary/aromatic N) is 4. The van der Waals surface area contributed by atoms with Crippen molar-refractivity contribution in [2.75, 3.05) is 7.11 Å². The average molecular weight is 328 g/mol. The Hall–Kier alpha value is -3.23. The van der Waals surface area contributed by atoms with E-state index in [4.69, 9.17) is 4.74 Å². The highest BCUT2D eigenvalue weighted by Gasteiger charge is 2.23. The molecular formula is C15H16N6O3. The largest absolute Gasteiger partial charge is 0.467 e. The first-order valence-electron chi connectivity index (χ1n) is 7.30. The van der Waals surface area contributed by atoms with Crippen LogP contribution in [0.25, 0.3) is 10.9 Å². The van der Waals surface area contributed by atoms with Crippen LogP contribution in [0.15, 0.2) is 36.8 Å². The molecule has 3 aromatic rings. The standard InChI is InChI=1S/C15H16N6O3/c1-24-15(23)13(18-14(22)8-21-9-17-19-20-21)6-10-7-16-12-5-3-2-4-11(10)12/h2-5,7,9,13,16H,6,8H2,1H3,(H,18,22). The lowest BCUT2D eigenvalue weighted by atomic mass is 10.0. The van der Waals surface area contributed by atoms with Crippen LogP contribution < -0.4 is 5.32 Å². The van der Waals surface area contributed by atoms with Crippen LogP contribution in [0.1, 0.15) is 5.56 Å². The Morgan fingerprint density at radius 3 is 2.96 bits per heavy atom. The number of carbonyl (C=O) groups is 2. The number of hydrogen-bond donors (Lipinski definition) is 2. The molecule has 0 radical (unpaired) electrons. The van der Waals surface area contributed by atoms with Crippen molar-refractivity contribution in [1.82, 2.24) is 30.5 Å². The second-order valence-corrected chi connectivity index (χ2v) is 5.21. The molecule has 24 heavy (non-hydrogen) atoms. The van der Waals surface area contributed by atoms with Gasteiger partial charge in [-0.05, 0) is 22.1 Å². The van der Waals surface area contributed by atoms with Gasteiger partial charge in [-0.15, -0.1) is 5.10 Å². The molecule has 0 saturated heterocycles. The molecule has 0 aliphatic rings. The molecule has 124 valence electrons. The second-order valence-electron chi connectivity index (χ2n) is 5.21. The first-order chi connectivity index (χ1) is 11.7. The highest BCUT2D eigenvalue weighted by atomic mass is 16.5. The molecule has 0 aliphatic heterocycles. The van der Waals surface area contributed by atoms with Crippen molar-refractivity contribution in [3.05, 3.63) is 42.4 Å². The summed E-state index contributed by atoms with van der Waals surface area (Å²) in [6.07, 6.45) is 3.47. The molecule has 0 bridgehead atoms. The van der Waals surface area contributed by atoms with Crippen LogP contribution in [0, 0.1) is 0 Å². The number of methoxy groups -OCH3 is 1. The summed E-state index contributed by atoms with van der Waals surface area (Å²) in [5.41, 5.74) is 1.89. The van der Waals surface area contributed by atoms with E-state index >= 15 is 0 Å². The summed E-state index contributed by atoms with van der Waals surface area (Å²) in [6.45, 7) is -0.0750. The number of hydrogen-bond acceptors (Lipinski definition) is 6. The van der Waals surface area contributed by atoms with E-state index in [1.165, 1.54) is 18.1 Å². The predicted molar refractivity (Wildman–Crippen MR) is 83.8 cm³/mol. The van der Waals surface area contributed by atoms with Crippen LogP contribution in [0.3, 0.4) is 0 Å². The van der Waals surface area contributed by atoms with Gasteiger partial charge in [-0.25, -0.2) is 9.48 Å². The molecule has 2 N–H and O–H groups in total. The van der Waals surface area contributed by atoms with Crippen LogP contribution in [0.4, 0.5) is 0 Å². The number of aromatic nitrogens is 5. The lowest BCUT2D eigenvalue weighted by Gasteiger charge is -2.16. The molecule has 1 aromatic carbocycles. The van der Waals surface area contributed by atoms with Crippen LogP contribution in [-0.2, 0) is 27.3 Å². The summed E-state index contributed by atoms with van der Waals surface area (Å²) in [7, 11) is 1.29. The zero-order valence-corrected chi connectivity index (χ0v) is 13.0. The lowest BCUT2D eigenvalue weighted by Crippen LogP contribution is -2.44. The Balaban J connectivity index is 1.74. The fraction of sp³-hybridized carbons (Fsp3) is 0.267. The van der Waals surface area contributed by atoms with E-state index in [1.54, 1.807) is 0 Å². The zero-order chi connectivity index (χ0) is 16.9. The Kier molecular flexibility index (Phi) is 4.50. The van der Waals surface area contributed by atoms with Crippen molar-refractivity contribution < 1.29 is 14.3 Å². The van der Waals surface area contributed by atoms with Gasteiger partial charge in [-0.2, -0.15) is 0 Å². The van der Waals surface area contributed by atoms with Crippen molar-refractivity contribution >= 4 is 22.8 Å².